The van der Waals surface area contributed by atoms with Crippen LogP contribution in [0.4, 0.5) is 0 Å². The van der Waals surface area contributed by atoms with Crippen LogP contribution in [0.2, 0.25) is 0 Å². The van der Waals surface area contributed by atoms with Gasteiger partial charge in [-0.3, -0.25) is 4.79 Å². The van der Waals surface area contributed by atoms with Gasteiger partial charge in [0.15, 0.2) is 0 Å². The van der Waals surface area contributed by atoms with E-state index in [0.29, 0.717) is 13.0 Å². The second-order valence-corrected chi connectivity index (χ2v) is 1.56. The summed E-state index contributed by atoms with van der Waals surface area (Å²) in [6, 6.07) is 0. The van der Waals surface area contributed by atoms with Gasteiger partial charge < -0.3 is 4.74 Å². The summed E-state index contributed by atoms with van der Waals surface area (Å²) in [6.07, 6.45) is 1.42. The fourth-order valence-corrected chi connectivity index (χ4v) is 0.437. The first-order valence-corrected chi connectivity index (χ1v) is 2.96. The standard InChI is InChI=1S/C6H12O2.Ni/c1-3-5-6(7)8-4-2;/h3-5H2,1-2H3;. The van der Waals surface area contributed by atoms with Gasteiger partial charge in [-0.25, -0.2) is 0 Å². The molecule has 0 heterocycles. The minimum atomic E-state index is -0.0880. The monoisotopic (exact) mass is 174 g/mol. The molecule has 0 aliphatic rings. The van der Waals surface area contributed by atoms with Gasteiger partial charge in [-0.05, 0) is 13.3 Å². The van der Waals surface area contributed by atoms with Crippen molar-refractivity contribution in [2.45, 2.75) is 26.7 Å². The SMILES string of the molecule is CCCC(=O)OCC.[Ni]. The molecule has 0 saturated carbocycles. The Bertz CT molecular complexity index is 65.5. The van der Waals surface area contributed by atoms with Crippen LogP contribution in [0, 0.1) is 0 Å². The van der Waals surface area contributed by atoms with Crippen molar-refractivity contribution in [1.82, 2.24) is 0 Å². The summed E-state index contributed by atoms with van der Waals surface area (Å²) in [5.74, 6) is -0.0880. The molecule has 0 rings (SSSR count). The Balaban J connectivity index is 0. The molecule has 0 aromatic heterocycles. The van der Waals surface area contributed by atoms with Gasteiger partial charge in [0.2, 0.25) is 0 Å². The van der Waals surface area contributed by atoms with E-state index in [1.165, 1.54) is 0 Å². The molecule has 0 radical (unpaired) electrons. The van der Waals surface area contributed by atoms with Crippen LogP contribution in [-0.2, 0) is 26.0 Å². The molecule has 3 heteroatoms. The molecule has 0 saturated heterocycles. The average Bonchev–Trinajstić information content (AvgIpc) is 1.68. The zero-order chi connectivity index (χ0) is 6.41. The molecule has 0 aromatic rings. The average molecular weight is 175 g/mol. The molecule has 0 aromatic carbocycles. The zero-order valence-electron chi connectivity index (χ0n) is 5.75. The van der Waals surface area contributed by atoms with E-state index in [1.54, 1.807) is 0 Å². The zero-order valence-corrected chi connectivity index (χ0v) is 6.74. The fraction of sp³-hybridized carbons (Fsp3) is 0.833. The molecule has 58 valence electrons. The second kappa shape index (κ2) is 7.96. The molecular weight excluding hydrogens is 163 g/mol. The number of ether oxygens (including phenoxy) is 1. The smallest absolute Gasteiger partial charge is 0.305 e. The van der Waals surface area contributed by atoms with Gasteiger partial charge in [0.05, 0.1) is 6.61 Å². The maximum Gasteiger partial charge on any atom is 0.305 e. The fourth-order valence-electron chi connectivity index (χ4n) is 0.437. The van der Waals surface area contributed by atoms with Crippen LogP contribution >= 0.6 is 0 Å². The quantitative estimate of drug-likeness (QED) is 0.477. The number of rotatable bonds is 3. The van der Waals surface area contributed by atoms with Gasteiger partial charge in [-0.1, -0.05) is 6.92 Å². The van der Waals surface area contributed by atoms with Crippen LogP contribution in [-0.4, -0.2) is 12.6 Å². The number of carbonyl (C=O) groups is 1. The summed E-state index contributed by atoms with van der Waals surface area (Å²) >= 11 is 0. The Labute approximate surface area is 65.9 Å². The molecule has 0 fully saturated rings. The molecule has 0 unspecified atom stereocenters. The number of hydrogen-bond donors (Lipinski definition) is 0. The van der Waals surface area contributed by atoms with Crippen LogP contribution < -0.4 is 0 Å². The van der Waals surface area contributed by atoms with Gasteiger partial charge in [-0.15, -0.1) is 0 Å². The topological polar surface area (TPSA) is 26.3 Å². The molecule has 0 aliphatic heterocycles. The molecule has 9 heavy (non-hydrogen) atoms. The van der Waals surface area contributed by atoms with E-state index < -0.39 is 0 Å². The normalized spacial score (nSPS) is 7.78. The molecule has 0 spiro atoms. The predicted octanol–water partition coefficient (Wildman–Crippen LogP) is 1.35. The van der Waals surface area contributed by atoms with E-state index in [-0.39, 0.29) is 22.5 Å². The third-order valence-electron chi connectivity index (χ3n) is 0.759. The van der Waals surface area contributed by atoms with E-state index in [2.05, 4.69) is 4.74 Å². The Morgan fingerprint density at radius 1 is 1.44 bits per heavy atom. The summed E-state index contributed by atoms with van der Waals surface area (Å²) in [5.41, 5.74) is 0. The Morgan fingerprint density at radius 3 is 2.33 bits per heavy atom. The first-order chi connectivity index (χ1) is 3.81. The van der Waals surface area contributed by atoms with E-state index in [9.17, 15) is 4.79 Å². The summed E-state index contributed by atoms with van der Waals surface area (Å²) in [4.78, 5) is 10.4. The first-order valence-electron chi connectivity index (χ1n) is 2.96. The Morgan fingerprint density at radius 2 is 2.00 bits per heavy atom. The molecule has 0 bridgehead atoms. The van der Waals surface area contributed by atoms with Crippen molar-refractivity contribution in [3.8, 4) is 0 Å². The van der Waals surface area contributed by atoms with Crippen LogP contribution in [0.5, 0.6) is 0 Å². The van der Waals surface area contributed by atoms with Gasteiger partial charge in [0.25, 0.3) is 0 Å². The third kappa shape index (κ3) is 7.96. The van der Waals surface area contributed by atoms with Gasteiger partial charge >= 0.3 is 5.97 Å². The van der Waals surface area contributed by atoms with E-state index in [1.807, 2.05) is 13.8 Å². The van der Waals surface area contributed by atoms with E-state index >= 15 is 0 Å². The number of esters is 1. The van der Waals surface area contributed by atoms with Crippen molar-refractivity contribution in [2.75, 3.05) is 6.61 Å². The van der Waals surface area contributed by atoms with Gasteiger partial charge in [-0.2, -0.15) is 0 Å². The predicted molar refractivity (Wildman–Crippen MR) is 31.5 cm³/mol. The molecule has 0 atom stereocenters. The number of hydrogen-bond acceptors (Lipinski definition) is 2. The molecule has 2 nitrogen and oxygen atoms in total. The summed E-state index contributed by atoms with van der Waals surface area (Å²) in [7, 11) is 0. The second-order valence-electron chi connectivity index (χ2n) is 1.56. The van der Waals surface area contributed by atoms with Crippen molar-refractivity contribution < 1.29 is 26.0 Å². The molecule has 0 aliphatic carbocycles. The Hall–Kier alpha value is -0.0365. The number of carbonyl (C=O) groups excluding carboxylic acids is 1. The largest absolute Gasteiger partial charge is 0.466 e. The van der Waals surface area contributed by atoms with Crippen LogP contribution in [0.25, 0.3) is 0 Å². The van der Waals surface area contributed by atoms with E-state index in [0.717, 1.165) is 6.42 Å². The van der Waals surface area contributed by atoms with Crippen LogP contribution in [0.1, 0.15) is 26.7 Å². The summed E-state index contributed by atoms with van der Waals surface area (Å²) in [6.45, 7) is 4.27. The molecular formula is C6H12NiO2. The van der Waals surface area contributed by atoms with Gasteiger partial charge in [0, 0.05) is 22.9 Å². The third-order valence-corrected chi connectivity index (χ3v) is 0.759. The summed E-state index contributed by atoms with van der Waals surface area (Å²) in [5, 5.41) is 0. The van der Waals surface area contributed by atoms with E-state index in [4.69, 9.17) is 0 Å². The van der Waals surface area contributed by atoms with Crippen LogP contribution in [0.15, 0.2) is 0 Å². The molecule has 0 N–H and O–H groups in total. The molecule has 0 amide bonds. The maximum atomic E-state index is 10.4. The van der Waals surface area contributed by atoms with Gasteiger partial charge in [0.1, 0.15) is 0 Å². The first kappa shape index (κ1) is 11.7. The minimum Gasteiger partial charge on any atom is -0.466 e. The van der Waals surface area contributed by atoms with Crippen molar-refractivity contribution in [3.05, 3.63) is 0 Å². The van der Waals surface area contributed by atoms with Crippen molar-refractivity contribution >= 4 is 5.97 Å². The minimum absolute atomic E-state index is 0. The summed E-state index contributed by atoms with van der Waals surface area (Å²) < 4.78 is 4.64. The van der Waals surface area contributed by atoms with Crippen molar-refractivity contribution in [3.63, 3.8) is 0 Å². The maximum absolute atomic E-state index is 10.4. The van der Waals surface area contributed by atoms with Crippen LogP contribution in [0.3, 0.4) is 0 Å². The van der Waals surface area contributed by atoms with Crippen molar-refractivity contribution in [2.24, 2.45) is 0 Å². The Kier molecular flexibility index (Phi) is 10.4. The van der Waals surface area contributed by atoms with Crippen molar-refractivity contribution in [1.29, 1.82) is 0 Å².